The van der Waals surface area contributed by atoms with E-state index in [1.807, 2.05) is 13.8 Å². The van der Waals surface area contributed by atoms with Gasteiger partial charge in [0.2, 0.25) is 12.9 Å². The second kappa shape index (κ2) is 29.4. The number of likely N-dealkylation sites (tertiary alicyclic amines) is 2. The maximum Gasteiger partial charge on any atom is 0.275 e. The van der Waals surface area contributed by atoms with E-state index >= 15 is 0 Å². The number of halogens is 11. The third-order valence-electron chi connectivity index (χ3n) is 16.4. The predicted molar refractivity (Wildman–Crippen MR) is 321 cm³/mol. The highest BCUT2D eigenvalue weighted by Gasteiger charge is 2.43. The van der Waals surface area contributed by atoms with Gasteiger partial charge in [-0.25, -0.2) is 73.2 Å². The van der Waals surface area contributed by atoms with Gasteiger partial charge < -0.3 is 30.3 Å². The number of amides is 2. The maximum atomic E-state index is 14.8. The first-order valence-corrected chi connectivity index (χ1v) is 36.9. The summed E-state index contributed by atoms with van der Waals surface area (Å²) in [5.41, 5.74) is 5.72. The van der Waals surface area contributed by atoms with Gasteiger partial charge in [0.15, 0.2) is 22.7 Å². The first kappa shape index (κ1) is 69.7. The van der Waals surface area contributed by atoms with E-state index in [4.69, 9.17) is 26.8 Å². The molecule has 29 heteroatoms. The Balaban J connectivity index is 0.000000218. The molecule has 2 aromatic carbocycles. The number of benzene rings is 2. The zero-order valence-electron chi connectivity index (χ0n) is 49.8. The number of hydrogen-bond donors (Lipinski definition) is 2. The summed E-state index contributed by atoms with van der Waals surface area (Å²) in [5.74, 6) is -5.00. The lowest BCUT2D eigenvalue weighted by molar-refractivity contribution is 0.0694. The van der Waals surface area contributed by atoms with Gasteiger partial charge in [0, 0.05) is 77.2 Å². The number of carbonyl (C=O) groups excluding carboxylic acids is 2. The van der Waals surface area contributed by atoms with Gasteiger partial charge in [-0.3, -0.25) is 9.59 Å². The van der Waals surface area contributed by atoms with Crippen molar-refractivity contribution in [2.75, 3.05) is 31.6 Å². The zero-order chi connectivity index (χ0) is 63.4. The fourth-order valence-electron chi connectivity index (χ4n) is 11.5. The molecule has 2 saturated heterocycles. The van der Waals surface area contributed by atoms with Crippen LogP contribution < -0.4 is 11.1 Å². The lowest BCUT2D eigenvalue weighted by Gasteiger charge is -2.24. The van der Waals surface area contributed by atoms with Crippen LogP contribution in [0.1, 0.15) is 104 Å². The van der Waals surface area contributed by atoms with Crippen molar-refractivity contribution in [3.05, 3.63) is 100.0 Å². The average molecular weight is 1300 g/mol. The minimum absolute atomic E-state index is 0. The Bertz CT molecular complexity index is 3350. The van der Waals surface area contributed by atoms with E-state index in [0.29, 0.717) is 38.1 Å². The third-order valence-corrected chi connectivity index (χ3v) is 20.1. The Morgan fingerprint density at radius 1 is 0.648 bits per heavy atom. The molecule has 0 unspecified atom stereocenters. The molecule has 88 heavy (non-hydrogen) atoms. The van der Waals surface area contributed by atoms with Crippen LogP contribution in [0.4, 0.5) is 49.7 Å². The highest BCUT2D eigenvalue weighted by atomic mass is 35.5. The molecule has 2 aliphatic heterocycles. The SMILES string of the molecule is C.C[C@@H]1C[C@H](C(F)F)C[C@H]1N.C[C@@H]1C[C@H](C(F)F)C[C@H]1Nc1ncnc2c1c(C(=O)N1C[C@@H](F)C[C@@H]1c1cc(F)ccc1F)nn2COCC[Si](C)(C)C.C[Si](C)(C)CCOCn1nc(C(=O)N2C[C@@H](F)C[C@@H]2c2cc(F)ccc2F)c2c(Cl)ncnc21. The molecule has 2 saturated carbocycles. The van der Waals surface area contributed by atoms with Crippen molar-refractivity contribution < 1.29 is 63.0 Å². The highest BCUT2D eigenvalue weighted by molar-refractivity contribution is 6.76. The summed E-state index contributed by atoms with van der Waals surface area (Å²) < 4.78 is 152. The Labute approximate surface area is 512 Å². The number of nitrogens with zero attached hydrogens (tertiary/aromatic N) is 10. The molecule has 10 rings (SSSR count). The second-order valence-electron chi connectivity index (χ2n) is 25.6. The van der Waals surface area contributed by atoms with Crippen molar-refractivity contribution in [3.63, 3.8) is 0 Å². The molecule has 0 radical (unpaired) electrons. The van der Waals surface area contributed by atoms with E-state index in [9.17, 15) is 53.5 Å². The maximum absolute atomic E-state index is 14.8. The fourth-order valence-corrected chi connectivity index (χ4v) is 13.2. The van der Waals surface area contributed by atoms with E-state index < -0.39 is 100 Å². The van der Waals surface area contributed by atoms with Gasteiger partial charge >= 0.3 is 0 Å². The smallest absolute Gasteiger partial charge is 0.275 e. The molecular formula is C59H79ClF10N12O4Si2. The van der Waals surface area contributed by atoms with Crippen LogP contribution in [0.2, 0.25) is 56.5 Å². The first-order valence-electron chi connectivity index (χ1n) is 29.1. The summed E-state index contributed by atoms with van der Waals surface area (Å²) >= 11 is 6.28. The Morgan fingerprint density at radius 3 is 1.52 bits per heavy atom. The van der Waals surface area contributed by atoms with Gasteiger partial charge in [-0.2, -0.15) is 10.2 Å². The standard InChI is InChI=1S/C29H37F5N6O2Si.C22H25ClF3N5O2Si.C7H13F2N.CH4/c1-16-9-17(26(33)34)10-22(16)37-27-24-25(38-40(28(24)36-14-35-27)15-42-7-8-43(2,3)4)29(41)39-13-19(31)12-23(39)20-11-18(30)5-6-21(20)32;1-34(2,3)7-6-33-12-31-21-18(20(23)27-11-28-21)19(29-31)22(32)30-10-14(25)9-17(30)15-8-13(24)4-5-16(15)26;1-4-2-5(7(8)9)3-6(4)10;/h5-6,11,14,16-17,19,22-23,26H,7-10,12-13,15H2,1-4H3,(H,35,36,37);4-5,8,11,14,17H,6-7,9-10,12H2,1-3H3;4-7H,2-3,10H2,1H3;1H4/t16-,17+,19+,22-,23-;14-,17+;4-,5+,6-;/m101./s1. The van der Waals surface area contributed by atoms with Crippen LogP contribution in [0.3, 0.4) is 0 Å². The second-order valence-corrected chi connectivity index (χ2v) is 37.2. The topological polar surface area (TPSA) is 184 Å². The number of carbonyl (C=O) groups is 2. The molecule has 6 heterocycles. The van der Waals surface area contributed by atoms with Crippen molar-refractivity contribution in [3.8, 4) is 0 Å². The van der Waals surface area contributed by atoms with Gasteiger partial charge in [0.25, 0.3) is 11.8 Å². The number of aromatic nitrogens is 8. The first-order chi connectivity index (χ1) is 41.0. The summed E-state index contributed by atoms with van der Waals surface area (Å²) in [4.78, 5) is 46.8. The van der Waals surface area contributed by atoms with E-state index in [-0.39, 0.29) is 127 Å². The molecule has 16 nitrogen and oxygen atoms in total. The van der Waals surface area contributed by atoms with E-state index in [1.165, 1.54) is 22.0 Å². The summed E-state index contributed by atoms with van der Waals surface area (Å²) in [6, 6.07) is 5.25. The quantitative estimate of drug-likeness (QED) is 0.0360. The number of nitrogens with two attached hydrogens (primary N) is 1. The summed E-state index contributed by atoms with van der Waals surface area (Å²) in [7, 11) is -2.68. The number of hydrogen-bond acceptors (Lipinski definition) is 12. The van der Waals surface area contributed by atoms with Crippen molar-refractivity contribution in [2.45, 2.75) is 174 Å². The Morgan fingerprint density at radius 2 is 1.09 bits per heavy atom. The largest absolute Gasteiger partial charge is 0.366 e. The molecule has 4 aromatic heterocycles. The van der Waals surface area contributed by atoms with Crippen LogP contribution in [0.5, 0.6) is 0 Å². The normalized spacial score (nSPS) is 23.8. The van der Waals surface area contributed by atoms with Crippen molar-refractivity contribution in [1.29, 1.82) is 0 Å². The summed E-state index contributed by atoms with van der Waals surface area (Å²) in [6.07, 6.45) is -3.65. The van der Waals surface area contributed by atoms with Crippen LogP contribution in [0.25, 0.3) is 22.1 Å². The monoisotopic (exact) mass is 1300 g/mol. The lowest BCUT2D eigenvalue weighted by atomic mass is 10.0. The molecule has 0 bridgehead atoms. The highest BCUT2D eigenvalue weighted by Crippen LogP contribution is 2.42. The third kappa shape index (κ3) is 17.0. The molecule has 4 fully saturated rings. The molecule has 6 aromatic rings. The predicted octanol–water partition coefficient (Wildman–Crippen LogP) is 13.7. The number of anilines is 1. The van der Waals surface area contributed by atoms with Gasteiger partial charge in [0.1, 0.15) is 72.7 Å². The minimum Gasteiger partial charge on any atom is -0.366 e. The lowest BCUT2D eigenvalue weighted by Crippen LogP contribution is -2.32. The Kier molecular flexibility index (Phi) is 23.3. The van der Waals surface area contributed by atoms with Crippen molar-refractivity contribution >= 4 is 67.4 Å². The summed E-state index contributed by atoms with van der Waals surface area (Å²) in [5, 5.41) is 12.6. The van der Waals surface area contributed by atoms with Crippen molar-refractivity contribution in [2.24, 2.45) is 29.4 Å². The minimum atomic E-state index is -2.45. The molecule has 2 aliphatic carbocycles. The molecule has 0 spiro atoms. The van der Waals surface area contributed by atoms with Gasteiger partial charge in [-0.1, -0.05) is 72.2 Å². The summed E-state index contributed by atoms with van der Waals surface area (Å²) in [6.45, 7) is 17.6. The molecule has 10 atom stereocenters. The fraction of sp³-hybridized carbons (Fsp3) is 0.593. The number of fused-ring (bicyclic) bond motifs is 2. The Hall–Kier alpha value is -5.82. The average Bonchev–Trinajstić information content (AvgIpc) is 1.78. The van der Waals surface area contributed by atoms with Gasteiger partial charge in [0.05, 0.1) is 35.9 Å². The molecule has 3 N–H and O–H groups in total. The van der Waals surface area contributed by atoms with Crippen LogP contribution in [-0.4, -0.2) is 141 Å². The van der Waals surface area contributed by atoms with Crippen LogP contribution in [0.15, 0.2) is 49.1 Å². The molecular weight excluding hydrogens is 1220 g/mol. The van der Waals surface area contributed by atoms with Gasteiger partial charge in [-0.15, -0.1) is 0 Å². The number of rotatable bonds is 18. The van der Waals surface area contributed by atoms with Crippen LogP contribution in [-0.2, 0) is 22.9 Å². The van der Waals surface area contributed by atoms with Crippen LogP contribution >= 0.6 is 11.6 Å². The van der Waals surface area contributed by atoms with E-state index in [0.717, 1.165) is 58.3 Å². The van der Waals surface area contributed by atoms with Crippen LogP contribution in [0, 0.1) is 46.9 Å². The number of ether oxygens (including phenoxy) is 2. The van der Waals surface area contributed by atoms with E-state index in [2.05, 4.69) is 74.7 Å². The van der Waals surface area contributed by atoms with Crippen molar-refractivity contribution in [1.82, 2.24) is 49.3 Å². The molecule has 484 valence electrons. The van der Waals surface area contributed by atoms with Gasteiger partial charge in [-0.05, 0) is 86.0 Å². The molecule has 4 aliphatic rings. The number of alkyl halides is 6. The number of nitrogens with one attached hydrogen (secondary N) is 1. The zero-order valence-corrected chi connectivity index (χ0v) is 52.5. The van der Waals surface area contributed by atoms with E-state index in [1.54, 1.807) is 0 Å². The molecule has 2 amide bonds.